The number of carbonyl (C=O) groups excluding carboxylic acids is 1. The quantitative estimate of drug-likeness (QED) is 0.761. The number of halogens is 2. The highest BCUT2D eigenvalue weighted by molar-refractivity contribution is 9.10. The predicted octanol–water partition coefficient (Wildman–Crippen LogP) is 3.76. The molecule has 0 spiro atoms. The summed E-state index contributed by atoms with van der Waals surface area (Å²) in [4.78, 5) is 11.9. The molecule has 0 aromatic heterocycles. The predicted molar refractivity (Wildman–Crippen MR) is 94.4 cm³/mol. The Morgan fingerprint density at radius 1 is 1.40 bits per heavy atom. The van der Waals surface area contributed by atoms with Crippen molar-refractivity contribution in [2.45, 2.75) is 12.6 Å². The summed E-state index contributed by atoms with van der Waals surface area (Å²) in [5.41, 5.74) is 1.56. The summed E-state index contributed by atoms with van der Waals surface area (Å²) in [6.07, 6.45) is 0. The van der Waals surface area contributed by atoms with E-state index >= 15 is 0 Å². The van der Waals surface area contributed by atoms with E-state index in [1.54, 1.807) is 0 Å². The largest absolute Gasteiger partial charge is 0.488 e. The molecule has 1 aliphatic heterocycles. The minimum absolute atomic E-state index is 0.0889. The third-order valence-electron chi connectivity index (χ3n) is 3.79. The smallest absolute Gasteiger partial charge is 0.340 e. The third kappa shape index (κ3) is 3.93. The van der Waals surface area contributed by atoms with Crippen LogP contribution in [0.25, 0.3) is 0 Å². The monoisotopic (exact) mass is 409 g/mol. The highest BCUT2D eigenvalue weighted by atomic mass is 79.9. The average molecular weight is 410 g/mol. The zero-order valence-corrected chi connectivity index (χ0v) is 15.1. The number of fused-ring (bicyclic) bond motifs is 1. The number of anilines is 1. The van der Waals surface area contributed by atoms with E-state index in [9.17, 15) is 9.18 Å². The van der Waals surface area contributed by atoms with Gasteiger partial charge in [-0.25, -0.2) is 9.18 Å². The van der Waals surface area contributed by atoms with Crippen molar-refractivity contribution in [3.05, 3.63) is 57.8 Å². The molecule has 0 unspecified atom stereocenters. The third-order valence-corrected chi connectivity index (χ3v) is 4.53. The highest BCUT2D eigenvalue weighted by Crippen LogP contribution is 2.41. The molecule has 2 aromatic carbocycles. The number of hydrogen-bond acceptors (Lipinski definition) is 5. The van der Waals surface area contributed by atoms with Gasteiger partial charge in [0.1, 0.15) is 12.4 Å². The molecule has 0 fully saturated rings. The lowest BCUT2D eigenvalue weighted by Gasteiger charge is -2.29. The second kappa shape index (κ2) is 7.84. The van der Waals surface area contributed by atoms with Crippen molar-refractivity contribution in [2.75, 3.05) is 25.6 Å². The van der Waals surface area contributed by atoms with Crippen LogP contribution in [-0.2, 0) is 16.1 Å². The number of ether oxygens (including phenoxy) is 3. The van der Waals surface area contributed by atoms with E-state index in [1.165, 1.54) is 7.11 Å². The van der Waals surface area contributed by atoms with Crippen molar-refractivity contribution in [1.82, 2.24) is 0 Å². The number of esters is 1. The molecule has 1 heterocycles. The van der Waals surface area contributed by atoms with Crippen LogP contribution >= 0.6 is 15.9 Å². The van der Waals surface area contributed by atoms with Crippen molar-refractivity contribution in [3.63, 3.8) is 0 Å². The van der Waals surface area contributed by atoms with Crippen molar-refractivity contribution in [1.29, 1.82) is 0 Å². The van der Waals surface area contributed by atoms with Crippen molar-refractivity contribution in [3.8, 4) is 5.75 Å². The maximum absolute atomic E-state index is 14.0. The Labute approximate surface area is 153 Å². The van der Waals surface area contributed by atoms with Gasteiger partial charge in [0.25, 0.3) is 0 Å². The molecule has 25 heavy (non-hydrogen) atoms. The molecular formula is C18H17BrFNO4. The summed E-state index contributed by atoms with van der Waals surface area (Å²) in [5.74, 6) is -0.955. The maximum Gasteiger partial charge on any atom is 0.340 e. The second-order valence-corrected chi connectivity index (χ2v) is 6.36. The molecule has 0 radical (unpaired) electrons. The lowest BCUT2D eigenvalue weighted by molar-refractivity contribution is 0.0598. The topological polar surface area (TPSA) is 56.8 Å². The Kier molecular flexibility index (Phi) is 5.55. The molecular weight excluding hydrogens is 393 g/mol. The van der Waals surface area contributed by atoms with Gasteiger partial charge >= 0.3 is 5.97 Å². The van der Waals surface area contributed by atoms with Gasteiger partial charge in [0.05, 0.1) is 42.1 Å². The lowest BCUT2D eigenvalue weighted by atomic mass is 10.1. The molecule has 0 saturated heterocycles. The normalized spacial score (nSPS) is 15.7. The molecule has 7 heteroatoms. The fraction of sp³-hybridized carbons (Fsp3) is 0.278. The van der Waals surface area contributed by atoms with Gasteiger partial charge in [0.15, 0.2) is 5.75 Å². The number of methoxy groups -OCH3 is 1. The first-order chi connectivity index (χ1) is 12.1. The van der Waals surface area contributed by atoms with Gasteiger partial charge in [-0.3, -0.25) is 0 Å². The second-order valence-electron chi connectivity index (χ2n) is 5.57. The number of nitrogens with one attached hydrogen (secondary N) is 1. The first-order valence-corrected chi connectivity index (χ1v) is 8.50. The Morgan fingerprint density at radius 3 is 2.88 bits per heavy atom. The van der Waals surface area contributed by atoms with Crippen molar-refractivity contribution in [2.24, 2.45) is 0 Å². The molecule has 0 aliphatic carbocycles. The van der Waals surface area contributed by atoms with Crippen LogP contribution < -0.4 is 10.1 Å². The van der Waals surface area contributed by atoms with E-state index in [0.717, 1.165) is 11.6 Å². The average Bonchev–Trinajstić information content (AvgIpc) is 2.65. The molecule has 132 valence electrons. The van der Waals surface area contributed by atoms with Crippen molar-refractivity contribution >= 4 is 27.6 Å². The van der Waals surface area contributed by atoms with Crippen LogP contribution in [0.15, 0.2) is 40.9 Å². The van der Waals surface area contributed by atoms with Gasteiger partial charge in [0.2, 0.25) is 0 Å². The Bertz CT molecular complexity index is 769. The minimum atomic E-state index is -0.635. The number of benzene rings is 2. The van der Waals surface area contributed by atoms with Gasteiger partial charge in [-0.15, -0.1) is 0 Å². The summed E-state index contributed by atoms with van der Waals surface area (Å²) < 4.78 is 30.2. The van der Waals surface area contributed by atoms with Gasteiger partial charge in [-0.2, -0.15) is 0 Å². The van der Waals surface area contributed by atoms with Crippen LogP contribution in [0.1, 0.15) is 15.9 Å². The number of carbonyl (C=O) groups is 1. The SMILES string of the molecule is COC(=O)c1cc(F)c(Br)c2c1N[C@@H](COCc1ccccc1)CO2. The summed E-state index contributed by atoms with van der Waals surface area (Å²) in [6, 6.07) is 10.8. The zero-order chi connectivity index (χ0) is 17.8. The molecule has 1 aliphatic rings. The Balaban J connectivity index is 1.71. The van der Waals surface area contributed by atoms with Crippen LogP contribution in [0, 0.1) is 5.82 Å². The first-order valence-electron chi connectivity index (χ1n) is 7.71. The minimum Gasteiger partial charge on any atom is -0.488 e. The van der Waals surface area contributed by atoms with E-state index in [2.05, 4.69) is 21.2 Å². The molecule has 1 N–H and O–H groups in total. The Hall–Kier alpha value is -2.12. The van der Waals surface area contributed by atoms with E-state index in [1.807, 2.05) is 30.3 Å². The van der Waals surface area contributed by atoms with Crippen LogP contribution in [0.3, 0.4) is 0 Å². The van der Waals surface area contributed by atoms with Gasteiger partial charge in [0, 0.05) is 0 Å². The molecule has 2 aromatic rings. The summed E-state index contributed by atoms with van der Waals surface area (Å²) in [5, 5.41) is 3.19. The summed E-state index contributed by atoms with van der Waals surface area (Å²) in [6.45, 7) is 1.15. The number of rotatable bonds is 5. The lowest BCUT2D eigenvalue weighted by Crippen LogP contribution is -2.36. The molecule has 5 nitrogen and oxygen atoms in total. The molecule has 0 amide bonds. The molecule has 3 rings (SSSR count). The van der Waals surface area contributed by atoms with E-state index in [0.29, 0.717) is 25.5 Å². The molecule has 0 bridgehead atoms. The fourth-order valence-corrected chi connectivity index (χ4v) is 2.99. The van der Waals surface area contributed by atoms with E-state index < -0.39 is 11.8 Å². The zero-order valence-electron chi connectivity index (χ0n) is 13.6. The van der Waals surface area contributed by atoms with Crippen LogP contribution in [0.5, 0.6) is 5.75 Å². The fourth-order valence-electron chi connectivity index (χ4n) is 2.57. The van der Waals surface area contributed by atoms with Crippen molar-refractivity contribution < 1.29 is 23.4 Å². The van der Waals surface area contributed by atoms with E-state index in [4.69, 9.17) is 14.2 Å². The Morgan fingerprint density at radius 2 is 2.16 bits per heavy atom. The highest BCUT2D eigenvalue weighted by Gasteiger charge is 2.29. The molecule has 1 atom stereocenters. The van der Waals surface area contributed by atoms with Gasteiger partial charge in [-0.05, 0) is 27.6 Å². The first kappa shape index (κ1) is 17.7. The van der Waals surface area contributed by atoms with Crippen LogP contribution in [0.2, 0.25) is 0 Å². The van der Waals surface area contributed by atoms with Gasteiger partial charge in [-0.1, -0.05) is 30.3 Å². The number of hydrogen-bond donors (Lipinski definition) is 1. The summed E-state index contributed by atoms with van der Waals surface area (Å²) >= 11 is 3.15. The maximum atomic E-state index is 14.0. The molecule has 0 saturated carbocycles. The summed E-state index contributed by atoms with van der Waals surface area (Å²) in [7, 11) is 1.25. The standard InChI is InChI=1S/C18H17BrFNO4/c1-23-18(22)13-7-14(20)15(19)17-16(13)21-12(10-25-17)9-24-8-11-5-3-2-4-6-11/h2-7,12,21H,8-10H2,1H3/t12-/m0/s1. The van der Waals surface area contributed by atoms with Crippen LogP contribution in [0.4, 0.5) is 10.1 Å². The van der Waals surface area contributed by atoms with Gasteiger partial charge < -0.3 is 19.5 Å². The van der Waals surface area contributed by atoms with E-state index in [-0.39, 0.29) is 21.8 Å². The van der Waals surface area contributed by atoms with Crippen LogP contribution in [-0.4, -0.2) is 32.3 Å².